The molecule has 162 valence electrons. The molecule has 0 unspecified atom stereocenters. The Bertz CT molecular complexity index is 813. The molecular weight excluding hydrogens is 370 g/mol. The summed E-state index contributed by atoms with van der Waals surface area (Å²) in [7, 11) is 0. The van der Waals surface area contributed by atoms with Gasteiger partial charge < -0.3 is 9.84 Å². The summed E-state index contributed by atoms with van der Waals surface area (Å²) in [6.07, 6.45) is 13.8. The molecule has 0 aliphatic heterocycles. The largest absolute Gasteiger partial charge is 0.371 e. The van der Waals surface area contributed by atoms with Crippen LogP contribution in [0.3, 0.4) is 0 Å². The summed E-state index contributed by atoms with van der Waals surface area (Å²) in [6, 6.07) is 5.99. The zero-order valence-electron chi connectivity index (χ0n) is 18.6. The van der Waals surface area contributed by atoms with E-state index in [1.165, 1.54) is 51.4 Å². The van der Waals surface area contributed by atoms with Gasteiger partial charge in [-0.25, -0.2) is 4.98 Å². The quantitative estimate of drug-likeness (QED) is 0.525. The highest BCUT2D eigenvalue weighted by Crippen LogP contribution is 2.66. The first-order valence-electron chi connectivity index (χ1n) is 12.2. The highest BCUT2D eigenvalue weighted by atomic mass is 16.6. The van der Waals surface area contributed by atoms with Crippen molar-refractivity contribution in [1.82, 2.24) is 4.98 Å². The van der Waals surface area contributed by atoms with Crippen molar-refractivity contribution >= 4 is 0 Å². The SMILES string of the molecule is C[C@]12CC[C@H](C#Cc3ccccn3)C[C@H]1CC[C@@H]1[C@@H]2CC[C@]2(C)[C@@H](OCO)CC[C@@H]12. The number of aromatic nitrogens is 1. The van der Waals surface area contributed by atoms with Gasteiger partial charge in [0.05, 0.1) is 6.10 Å². The summed E-state index contributed by atoms with van der Waals surface area (Å²) in [5.41, 5.74) is 1.67. The molecule has 8 atom stereocenters. The van der Waals surface area contributed by atoms with Gasteiger partial charge >= 0.3 is 0 Å². The third-order valence-electron chi connectivity index (χ3n) is 9.92. The topological polar surface area (TPSA) is 42.4 Å². The van der Waals surface area contributed by atoms with E-state index in [-0.39, 0.29) is 18.3 Å². The van der Waals surface area contributed by atoms with Crippen molar-refractivity contribution in [3.63, 3.8) is 0 Å². The van der Waals surface area contributed by atoms with Crippen molar-refractivity contribution in [2.45, 2.75) is 77.7 Å². The maximum Gasteiger partial charge on any atom is 0.143 e. The molecule has 4 fully saturated rings. The Morgan fingerprint density at radius 2 is 1.87 bits per heavy atom. The van der Waals surface area contributed by atoms with Gasteiger partial charge in [0.1, 0.15) is 12.5 Å². The van der Waals surface area contributed by atoms with Crippen molar-refractivity contribution in [3.05, 3.63) is 30.1 Å². The number of ether oxygens (including phenoxy) is 1. The Hall–Kier alpha value is -1.37. The van der Waals surface area contributed by atoms with Crippen LogP contribution < -0.4 is 0 Å². The smallest absolute Gasteiger partial charge is 0.143 e. The fourth-order valence-corrected chi connectivity index (χ4v) is 8.32. The molecule has 0 bridgehead atoms. The van der Waals surface area contributed by atoms with Crippen LogP contribution in [0.4, 0.5) is 0 Å². The van der Waals surface area contributed by atoms with Crippen molar-refractivity contribution in [1.29, 1.82) is 0 Å². The lowest BCUT2D eigenvalue weighted by molar-refractivity contribution is -0.149. The number of nitrogens with zero attached hydrogens (tertiary/aromatic N) is 1. The Morgan fingerprint density at radius 3 is 2.67 bits per heavy atom. The first-order chi connectivity index (χ1) is 14.5. The van der Waals surface area contributed by atoms with Gasteiger partial charge in [-0.2, -0.15) is 0 Å². The standard InChI is InChI=1S/C27H37NO2/c1-26-14-12-19(6-8-21-5-3-4-16-28-21)17-20(26)7-9-22-23-10-11-25(30-18-29)27(23,2)15-13-24(22)26/h3-5,16,19-20,22-25,29H,7,9-15,17-18H2,1-2H3/t19-,20+,22-,23-,24-,25-,26-,27-/m0/s1. The molecule has 1 aromatic rings. The normalized spacial score (nSPS) is 44.9. The average Bonchev–Trinajstić information content (AvgIpc) is 3.09. The summed E-state index contributed by atoms with van der Waals surface area (Å²) in [5, 5.41) is 9.36. The number of aliphatic hydroxyl groups is 1. The second-order valence-corrected chi connectivity index (χ2v) is 11.0. The Labute approximate surface area is 182 Å². The molecule has 4 saturated carbocycles. The molecule has 4 aliphatic rings. The Morgan fingerprint density at radius 1 is 1.03 bits per heavy atom. The number of pyridine rings is 1. The van der Waals surface area contributed by atoms with Crippen LogP contribution in [0.15, 0.2) is 24.4 Å². The van der Waals surface area contributed by atoms with E-state index in [0.717, 1.165) is 35.8 Å². The lowest BCUT2D eigenvalue weighted by Gasteiger charge is -2.60. The van der Waals surface area contributed by atoms with Gasteiger partial charge in [0.25, 0.3) is 0 Å². The molecule has 0 saturated heterocycles. The van der Waals surface area contributed by atoms with Gasteiger partial charge in [-0.05, 0) is 110 Å². The van der Waals surface area contributed by atoms with Crippen LogP contribution in [0.5, 0.6) is 0 Å². The number of hydrogen-bond acceptors (Lipinski definition) is 3. The lowest BCUT2D eigenvalue weighted by Crippen LogP contribution is -2.54. The molecule has 3 nitrogen and oxygen atoms in total. The van der Waals surface area contributed by atoms with E-state index in [2.05, 4.69) is 30.7 Å². The lowest BCUT2D eigenvalue weighted by atomic mass is 9.44. The highest BCUT2D eigenvalue weighted by molar-refractivity contribution is 5.28. The molecular formula is C27H37NO2. The molecule has 5 rings (SSSR count). The van der Waals surface area contributed by atoms with E-state index in [1.807, 2.05) is 24.4 Å². The van der Waals surface area contributed by atoms with Gasteiger partial charge in [-0.1, -0.05) is 25.8 Å². The zero-order chi connectivity index (χ0) is 20.8. The van der Waals surface area contributed by atoms with E-state index in [4.69, 9.17) is 4.74 Å². The first-order valence-corrected chi connectivity index (χ1v) is 12.2. The monoisotopic (exact) mass is 407 g/mol. The van der Waals surface area contributed by atoms with E-state index >= 15 is 0 Å². The molecule has 3 heteroatoms. The predicted molar refractivity (Wildman–Crippen MR) is 118 cm³/mol. The molecule has 30 heavy (non-hydrogen) atoms. The summed E-state index contributed by atoms with van der Waals surface area (Å²) in [6.45, 7) is 4.96. The summed E-state index contributed by atoms with van der Waals surface area (Å²) >= 11 is 0. The Balaban J connectivity index is 1.30. The van der Waals surface area contributed by atoms with Gasteiger partial charge in [0.15, 0.2) is 0 Å². The minimum Gasteiger partial charge on any atom is -0.371 e. The summed E-state index contributed by atoms with van der Waals surface area (Å²) in [5.74, 6) is 10.8. The van der Waals surface area contributed by atoms with Crippen molar-refractivity contribution in [2.75, 3.05) is 6.79 Å². The molecule has 1 heterocycles. The maximum absolute atomic E-state index is 9.36. The molecule has 0 spiro atoms. The summed E-state index contributed by atoms with van der Waals surface area (Å²) in [4.78, 5) is 4.37. The molecule has 0 amide bonds. The van der Waals surface area contributed by atoms with Gasteiger partial charge in [0.2, 0.25) is 0 Å². The van der Waals surface area contributed by atoms with Gasteiger partial charge in [-0.3, -0.25) is 0 Å². The van der Waals surface area contributed by atoms with Crippen LogP contribution in [0.1, 0.15) is 77.3 Å². The Kier molecular flexibility index (Phi) is 5.44. The highest BCUT2D eigenvalue weighted by Gasteiger charge is 2.60. The minimum atomic E-state index is -0.123. The number of aliphatic hydroxyl groups excluding tert-OH is 1. The van der Waals surface area contributed by atoms with Gasteiger partial charge in [-0.15, -0.1) is 0 Å². The van der Waals surface area contributed by atoms with Crippen molar-refractivity contribution in [2.24, 2.45) is 40.4 Å². The predicted octanol–water partition coefficient (Wildman–Crippen LogP) is 5.43. The second kappa shape index (κ2) is 7.95. The third-order valence-corrected chi connectivity index (χ3v) is 9.92. The van der Waals surface area contributed by atoms with Crippen LogP contribution in [-0.2, 0) is 4.74 Å². The van der Waals surface area contributed by atoms with Crippen LogP contribution in [0, 0.1) is 52.3 Å². The van der Waals surface area contributed by atoms with E-state index in [9.17, 15) is 5.11 Å². The summed E-state index contributed by atoms with van der Waals surface area (Å²) < 4.78 is 5.80. The molecule has 1 aromatic heterocycles. The molecule has 4 aliphatic carbocycles. The third kappa shape index (κ3) is 3.32. The van der Waals surface area contributed by atoms with Crippen molar-refractivity contribution < 1.29 is 9.84 Å². The maximum atomic E-state index is 9.36. The number of hydrogen-bond donors (Lipinski definition) is 1. The van der Waals surface area contributed by atoms with Crippen molar-refractivity contribution in [3.8, 4) is 11.8 Å². The molecule has 0 radical (unpaired) electrons. The first kappa shape index (κ1) is 20.5. The van der Waals surface area contributed by atoms with Gasteiger partial charge in [0, 0.05) is 12.1 Å². The van der Waals surface area contributed by atoms with E-state index in [1.54, 1.807) is 0 Å². The fourth-order valence-electron chi connectivity index (χ4n) is 8.32. The minimum absolute atomic E-state index is 0.123. The number of rotatable bonds is 2. The van der Waals surface area contributed by atoms with Crippen LogP contribution in [0.2, 0.25) is 0 Å². The van der Waals surface area contributed by atoms with Crippen LogP contribution in [0.25, 0.3) is 0 Å². The molecule has 0 aromatic carbocycles. The van der Waals surface area contributed by atoms with E-state index < -0.39 is 0 Å². The average molecular weight is 408 g/mol. The van der Waals surface area contributed by atoms with E-state index in [0.29, 0.717) is 11.3 Å². The van der Waals surface area contributed by atoms with Crippen LogP contribution in [-0.4, -0.2) is 23.0 Å². The number of fused-ring (bicyclic) bond motifs is 5. The molecule has 1 N–H and O–H groups in total. The second-order valence-electron chi connectivity index (χ2n) is 11.0. The fraction of sp³-hybridized carbons (Fsp3) is 0.741. The zero-order valence-corrected chi connectivity index (χ0v) is 18.6. The van der Waals surface area contributed by atoms with Crippen LogP contribution >= 0.6 is 0 Å².